The number of halogens is 3. The molecule has 0 unspecified atom stereocenters. The first kappa shape index (κ1) is 26.2. The van der Waals surface area contributed by atoms with Crippen LogP contribution in [0.4, 0.5) is 41.1 Å². The predicted molar refractivity (Wildman–Crippen MR) is 135 cm³/mol. The van der Waals surface area contributed by atoms with Gasteiger partial charge in [0, 0.05) is 30.2 Å². The van der Waals surface area contributed by atoms with Gasteiger partial charge in [-0.25, -0.2) is 22.9 Å². The van der Waals surface area contributed by atoms with E-state index in [9.17, 15) is 22.8 Å². The zero-order chi connectivity index (χ0) is 27.7. The van der Waals surface area contributed by atoms with E-state index >= 15 is 0 Å². The topological polar surface area (TPSA) is 120 Å². The number of urea groups is 1. The molecular weight excluding hydrogens is 517 g/mol. The van der Waals surface area contributed by atoms with Crippen LogP contribution < -0.4 is 15.1 Å². The molecule has 1 aromatic carbocycles. The maximum Gasteiger partial charge on any atom is 0.326 e. The molecule has 0 saturated carbocycles. The zero-order valence-electron chi connectivity index (χ0n) is 20.7. The van der Waals surface area contributed by atoms with E-state index in [1.165, 1.54) is 26.9 Å². The summed E-state index contributed by atoms with van der Waals surface area (Å²) in [6.45, 7) is 2.57. The number of hydrogen-bond acceptors (Lipinski definition) is 7. The standard InChI is InChI=1S/C25H25F3N8O3/c1-15(26)23(38)34-7-6-20(18-4-2-3-5-19(18)34)35-12-16-10-29-24(31-17-11-30-33(13-17)8-9-37)32-22(16)36(25(35)39)14-21(27)28/h2-5,10-11,13,20-21,37H,1,6-9,12,14H2,(H,29,31,32)/t20-/m0/s1. The molecule has 1 atom stereocenters. The fraction of sp³-hybridized carbons (Fsp3) is 0.320. The lowest BCUT2D eigenvalue weighted by Gasteiger charge is -2.44. The molecule has 5 rings (SSSR count). The summed E-state index contributed by atoms with van der Waals surface area (Å²) in [6.07, 6.45) is 2.02. The number of anilines is 4. The molecule has 14 heteroatoms. The number of rotatable bonds is 8. The minimum atomic E-state index is -2.83. The van der Waals surface area contributed by atoms with Crippen molar-refractivity contribution in [2.24, 2.45) is 0 Å². The van der Waals surface area contributed by atoms with Crippen molar-refractivity contribution in [1.29, 1.82) is 0 Å². The van der Waals surface area contributed by atoms with Crippen LogP contribution in [0.25, 0.3) is 0 Å². The number of benzene rings is 1. The minimum absolute atomic E-state index is 0.0470. The second-order valence-corrected chi connectivity index (χ2v) is 9.02. The molecule has 204 valence electrons. The van der Waals surface area contributed by atoms with E-state index in [-0.39, 0.29) is 44.4 Å². The van der Waals surface area contributed by atoms with Crippen LogP contribution in [0.3, 0.4) is 0 Å². The largest absolute Gasteiger partial charge is 0.394 e. The molecule has 2 aliphatic rings. The SMILES string of the molecule is C=C(F)C(=O)N1CC[C@H](N2Cc3cnc(Nc4cnn(CCO)c4)nc3N(CC(F)F)C2=O)c2ccccc21. The number of aliphatic hydroxyl groups excluding tert-OH is 1. The second-order valence-electron chi connectivity index (χ2n) is 9.02. The van der Waals surface area contributed by atoms with E-state index in [2.05, 4.69) is 27.0 Å². The average Bonchev–Trinajstić information content (AvgIpc) is 3.36. The van der Waals surface area contributed by atoms with Crippen molar-refractivity contribution in [1.82, 2.24) is 24.6 Å². The fourth-order valence-corrected chi connectivity index (χ4v) is 4.85. The average molecular weight is 543 g/mol. The van der Waals surface area contributed by atoms with E-state index < -0.39 is 36.8 Å². The van der Waals surface area contributed by atoms with Gasteiger partial charge in [0.2, 0.25) is 5.95 Å². The van der Waals surface area contributed by atoms with E-state index in [1.807, 2.05) is 0 Å². The number of alkyl halides is 2. The van der Waals surface area contributed by atoms with Gasteiger partial charge >= 0.3 is 6.03 Å². The summed E-state index contributed by atoms with van der Waals surface area (Å²) in [5, 5.41) is 16.1. The third-order valence-corrected chi connectivity index (χ3v) is 6.52. The number of aliphatic hydroxyl groups is 1. The molecule has 2 aromatic heterocycles. The van der Waals surface area contributed by atoms with E-state index in [4.69, 9.17) is 5.11 Å². The molecule has 39 heavy (non-hydrogen) atoms. The van der Waals surface area contributed by atoms with Crippen molar-refractivity contribution >= 4 is 35.1 Å². The van der Waals surface area contributed by atoms with Gasteiger partial charge in [-0.1, -0.05) is 24.8 Å². The molecule has 3 aromatic rings. The summed E-state index contributed by atoms with van der Waals surface area (Å²) in [7, 11) is 0. The highest BCUT2D eigenvalue weighted by molar-refractivity contribution is 6.04. The Labute approximate surface area is 221 Å². The number of nitrogens with one attached hydrogen (secondary N) is 1. The number of hydrogen-bond donors (Lipinski definition) is 2. The summed E-state index contributed by atoms with van der Waals surface area (Å²) in [5.74, 6) is -1.82. The summed E-state index contributed by atoms with van der Waals surface area (Å²) in [6, 6.07) is 5.56. The summed E-state index contributed by atoms with van der Waals surface area (Å²) in [4.78, 5) is 38.3. The second kappa shape index (κ2) is 10.7. The molecule has 11 nitrogen and oxygen atoms in total. The lowest BCUT2D eigenvalue weighted by molar-refractivity contribution is -0.116. The number of para-hydroxylation sites is 1. The third kappa shape index (κ3) is 5.14. The number of fused-ring (bicyclic) bond motifs is 2. The Hall–Kier alpha value is -4.46. The van der Waals surface area contributed by atoms with Crippen molar-refractivity contribution in [3.05, 3.63) is 66.4 Å². The van der Waals surface area contributed by atoms with Crippen molar-refractivity contribution in [3.8, 4) is 0 Å². The third-order valence-electron chi connectivity index (χ3n) is 6.52. The molecule has 3 amide bonds. The van der Waals surface area contributed by atoms with Crippen LogP contribution in [0.15, 0.2) is 55.3 Å². The Morgan fingerprint density at radius 3 is 2.79 bits per heavy atom. The molecular formula is C25H25F3N8O3. The molecule has 0 radical (unpaired) electrons. The Balaban J connectivity index is 1.46. The molecule has 0 spiro atoms. The van der Waals surface area contributed by atoms with Gasteiger partial charge in [0.1, 0.15) is 5.82 Å². The van der Waals surface area contributed by atoms with Crippen LogP contribution in [-0.2, 0) is 17.9 Å². The number of carbonyl (C=O) groups is 2. The Morgan fingerprint density at radius 1 is 1.26 bits per heavy atom. The van der Waals surface area contributed by atoms with Gasteiger partial charge in [-0.15, -0.1) is 0 Å². The zero-order valence-corrected chi connectivity index (χ0v) is 20.7. The fourth-order valence-electron chi connectivity index (χ4n) is 4.85. The quantitative estimate of drug-likeness (QED) is 0.419. The summed E-state index contributed by atoms with van der Waals surface area (Å²) < 4.78 is 42.5. The Bertz CT molecular complexity index is 1410. The molecule has 2 aliphatic heterocycles. The van der Waals surface area contributed by atoms with Gasteiger partial charge in [-0.3, -0.25) is 14.4 Å². The molecule has 0 fully saturated rings. The number of nitrogens with zero attached hydrogens (tertiary/aromatic N) is 7. The summed E-state index contributed by atoms with van der Waals surface area (Å²) in [5.41, 5.74) is 1.99. The van der Waals surface area contributed by atoms with Gasteiger partial charge in [0.05, 0.1) is 44.2 Å². The van der Waals surface area contributed by atoms with Crippen LogP contribution in [0, 0.1) is 0 Å². The van der Waals surface area contributed by atoms with Gasteiger partial charge in [-0.2, -0.15) is 10.1 Å². The summed E-state index contributed by atoms with van der Waals surface area (Å²) >= 11 is 0. The smallest absolute Gasteiger partial charge is 0.326 e. The Kier molecular flexibility index (Phi) is 7.19. The van der Waals surface area contributed by atoms with Crippen molar-refractivity contribution in [2.45, 2.75) is 32.0 Å². The monoisotopic (exact) mass is 542 g/mol. The first-order valence-electron chi connectivity index (χ1n) is 12.1. The predicted octanol–water partition coefficient (Wildman–Crippen LogP) is 3.38. The van der Waals surface area contributed by atoms with Crippen LogP contribution >= 0.6 is 0 Å². The van der Waals surface area contributed by atoms with E-state index in [1.54, 1.807) is 30.5 Å². The molecule has 0 aliphatic carbocycles. The van der Waals surface area contributed by atoms with Gasteiger partial charge in [0.15, 0.2) is 5.83 Å². The van der Waals surface area contributed by atoms with Gasteiger partial charge in [0.25, 0.3) is 12.3 Å². The maximum absolute atomic E-state index is 13.7. The first-order chi connectivity index (χ1) is 18.8. The normalized spacial score (nSPS) is 16.8. The highest BCUT2D eigenvalue weighted by Crippen LogP contribution is 2.41. The highest BCUT2D eigenvalue weighted by atomic mass is 19.3. The van der Waals surface area contributed by atoms with Crippen molar-refractivity contribution < 1.29 is 27.9 Å². The van der Waals surface area contributed by atoms with Crippen LogP contribution in [0.5, 0.6) is 0 Å². The lowest BCUT2D eigenvalue weighted by Crippen LogP contribution is -2.52. The molecule has 0 saturated heterocycles. The number of aromatic nitrogens is 4. The highest BCUT2D eigenvalue weighted by Gasteiger charge is 2.41. The molecule has 2 N–H and O–H groups in total. The maximum atomic E-state index is 13.7. The van der Waals surface area contributed by atoms with Crippen LogP contribution in [0.1, 0.15) is 23.6 Å². The van der Waals surface area contributed by atoms with Crippen molar-refractivity contribution in [2.75, 3.05) is 34.8 Å². The molecule has 4 heterocycles. The minimum Gasteiger partial charge on any atom is -0.394 e. The van der Waals surface area contributed by atoms with Crippen molar-refractivity contribution in [3.63, 3.8) is 0 Å². The van der Waals surface area contributed by atoms with E-state index in [0.29, 0.717) is 22.5 Å². The van der Waals surface area contributed by atoms with Crippen LogP contribution in [0.2, 0.25) is 0 Å². The van der Waals surface area contributed by atoms with E-state index in [0.717, 1.165) is 4.90 Å². The Morgan fingerprint density at radius 2 is 2.05 bits per heavy atom. The number of carbonyl (C=O) groups excluding carboxylic acids is 2. The lowest BCUT2D eigenvalue weighted by atomic mass is 9.94. The first-order valence-corrected chi connectivity index (χ1v) is 12.1. The van der Waals surface area contributed by atoms with Gasteiger partial charge < -0.3 is 20.2 Å². The molecule has 0 bridgehead atoms. The van der Waals surface area contributed by atoms with Gasteiger partial charge in [-0.05, 0) is 18.1 Å². The van der Waals surface area contributed by atoms with Crippen LogP contribution in [-0.4, -0.2) is 67.8 Å². The number of amides is 3.